The Labute approximate surface area is 125 Å². The fourth-order valence-corrected chi connectivity index (χ4v) is 3.42. The fourth-order valence-electron chi connectivity index (χ4n) is 2.13. The van der Waals surface area contributed by atoms with Crippen molar-refractivity contribution in [2.24, 2.45) is 5.73 Å². The molecule has 20 heavy (non-hydrogen) atoms. The van der Waals surface area contributed by atoms with Crippen LogP contribution in [0.25, 0.3) is 0 Å². The van der Waals surface area contributed by atoms with Crippen LogP contribution in [-0.4, -0.2) is 54.1 Å². The Bertz CT molecular complexity index is 496. The van der Waals surface area contributed by atoms with Crippen LogP contribution in [0.4, 0.5) is 4.79 Å². The van der Waals surface area contributed by atoms with Crippen molar-refractivity contribution in [3.05, 3.63) is 0 Å². The summed E-state index contributed by atoms with van der Waals surface area (Å²) in [5, 5.41) is -0.521. The number of amides is 1. The Kier molecular flexibility index (Phi) is 5.02. The van der Waals surface area contributed by atoms with Crippen molar-refractivity contribution in [2.45, 2.75) is 50.5 Å². The maximum Gasteiger partial charge on any atom is 0.410 e. The maximum absolute atomic E-state index is 12.1. The SMILES string of the molecule is CC(C)(C)OC(=O)N1CCC(S(C)(=O)=O)CC1C(N)=S. The number of ether oxygens (including phenoxy) is 1. The van der Waals surface area contributed by atoms with Gasteiger partial charge >= 0.3 is 6.09 Å². The van der Waals surface area contributed by atoms with Crippen molar-refractivity contribution in [1.29, 1.82) is 0 Å². The van der Waals surface area contributed by atoms with E-state index in [9.17, 15) is 13.2 Å². The first-order valence-electron chi connectivity index (χ1n) is 6.39. The molecule has 0 radical (unpaired) electrons. The Balaban J connectivity index is 2.89. The second-order valence-electron chi connectivity index (χ2n) is 6.07. The predicted molar refractivity (Wildman–Crippen MR) is 81.4 cm³/mol. The number of hydrogen-bond acceptors (Lipinski definition) is 5. The van der Waals surface area contributed by atoms with Crippen LogP contribution in [-0.2, 0) is 14.6 Å². The van der Waals surface area contributed by atoms with Crippen molar-refractivity contribution >= 4 is 33.1 Å². The van der Waals surface area contributed by atoms with Gasteiger partial charge in [-0.2, -0.15) is 0 Å². The lowest BCUT2D eigenvalue weighted by molar-refractivity contribution is 0.0170. The molecular weight excluding hydrogens is 300 g/mol. The monoisotopic (exact) mass is 322 g/mol. The van der Waals surface area contributed by atoms with Crippen LogP contribution < -0.4 is 5.73 Å². The standard InChI is InChI=1S/C12H22N2O4S2/c1-12(2,3)18-11(15)14-6-5-8(20(4,16)17)7-9(14)10(13)19/h8-9H,5-7H2,1-4H3,(H2,13,19). The van der Waals surface area contributed by atoms with Gasteiger partial charge in [0, 0.05) is 12.8 Å². The maximum atomic E-state index is 12.1. The number of hydrogen-bond donors (Lipinski definition) is 1. The summed E-state index contributed by atoms with van der Waals surface area (Å²) in [6.07, 6.45) is 1.28. The highest BCUT2D eigenvalue weighted by Crippen LogP contribution is 2.25. The van der Waals surface area contributed by atoms with Gasteiger partial charge in [0.2, 0.25) is 0 Å². The molecule has 1 saturated heterocycles. The molecule has 1 aliphatic rings. The van der Waals surface area contributed by atoms with Gasteiger partial charge in [-0.1, -0.05) is 12.2 Å². The summed E-state index contributed by atoms with van der Waals surface area (Å²) in [5.74, 6) is 0. The number of carbonyl (C=O) groups is 1. The molecule has 8 heteroatoms. The molecule has 1 rings (SSSR count). The molecule has 116 valence electrons. The lowest BCUT2D eigenvalue weighted by Gasteiger charge is -2.38. The van der Waals surface area contributed by atoms with Gasteiger partial charge in [0.1, 0.15) is 15.4 Å². The van der Waals surface area contributed by atoms with Crippen molar-refractivity contribution < 1.29 is 17.9 Å². The van der Waals surface area contributed by atoms with Crippen LogP contribution in [0.5, 0.6) is 0 Å². The van der Waals surface area contributed by atoms with E-state index in [0.29, 0.717) is 6.42 Å². The van der Waals surface area contributed by atoms with Crippen molar-refractivity contribution in [2.75, 3.05) is 12.8 Å². The summed E-state index contributed by atoms with van der Waals surface area (Å²) in [5.41, 5.74) is 5.03. The number of nitrogens with two attached hydrogens (primary N) is 1. The summed E-state index contributed by atoms with van der Waals surface area (Å²) in [6.45, 7) is 5.58. The first-order valence-corrected chi connectivity index (χ1v) is 8.76. The lowest BCUT2D eigenvalue weighted by atomic mass is 10.0. The third-order valence-electron chi connectivity index (χ3n) is 3.12. The Morgan fingerprint density at radius 1 is 1.40 bits per heavy atom. The average Bonchev–Trinajstić information content (AvgIpc) is 2.24. The minimum atomic E-state index is -3.17. The van der Waals surface area contributed by atoms with Gasteiger partial charge in [-0.15, -0.1) is 0 Å². The number of rotatable bonds is 2. The molecule has 0 bridgehead atoms. The van der Waals surface area contributed by atoms with Crippen molar-refractivity contribution in [3.8, 4) is 0 Å². The first kappa shape index (κ1) is 17.2. The van der Waals surface area contributed by atoms with Crippen LogP contribution in [0.1, 0.15) is 33.6 Å². The van der Waals surface area contributed by atoms with Gasteiger partial charge in [0.25, 0.3) is 0 Å². The highest BCUT2D eigenvalue weighted by Gasteiger charge is 2.38. The molecule has 0 aromatic heterocycles. The molecule has 0 aromatic carbocycles. The molecular formula is C12H22N2O4S2. The molecule has 1 aliphatic heterocycles. The molecule has 1 fully saturated rings. The Morgan fingerprint density at radius 2 is 1.95 bits per heavy atom. The second-order valence-corrected chi connectivity index (χ2v) is 8.86. The normalized spacial score (nSPS) is 24.3. The van der Waals surface area contributed by atoms with E-state index >= 15 is 0 Å². The molecule has 1 heterocycles. The zero-order valence-electron chi connectivity index (χ0n) is 12.3. The number of nitrogens with zero attached hydrogens (tertiary/aromatic N) is 1. The average molecular weight is 322 g/mol. The van der Waals surface area contributed by atoms with E-state index in [1.807, 2.05) is 0 Å². The summed E-state index contributed by atoms with van der Waals surface area (Å²) >= 11 is 4.96. The molecule has 0 spiro atoms. The van der Waals surface area contributed by atoms with Gasteiger partial charge in [-0.05, 0) is 33.6 Å². The molecule has 2 atom stereocenters. The molecule has 0 aliphatic carbocycles. The summed E-state index contributed by atoms with van der Waals surface area (Å²) in [7, 11) is -3.17. The van der Waals surface area contributed by atoms with Crippen molar-refractivity contribution in [1.82, 2.24) is 4.90 Å². The Hall–Kier alpha value is -0.890. The van der Waals surface area contributed by atoms with Gasteiger partial charge in [0.15, 0.2) is 0 Å². The molecule has 2 N–H and O–H groups in total. The smallest absolute Gasteiger partial charge is 0.410 e. The van der Waals surface area contributed by atoms with E-state index in [4.69, 9.17) is 22.7 Å². The second kappa shape index (κ2) is 5.85. The van der Waals surface area contributed by atoms with Gasteiger partial charge in [0.05, 0.1) is 16.3 Å². The first-order chi connectivity index (χ1) is 8.92. The topological polar surface area (TPSA) is 89.7 Å². The molecule has 2 unspecified atom stereocenters. The van der Waals surface area contributed by atoms with E-state index < -0.39 is 32.8 Å². The Morgan fingerprint density at radius 3 is 2.35 bits per heavy atom. The predicted octanol–water partition coefficient (Wildman–Crippen LogP) is 1.09. The summed E-state index contributed by atoms with van der Waals surface area (Å²) in [4.78, 5) is 13.7. The number of carbonyl (C=O) groups excluding carboxylic acids is 1. The van der Waals surface area contributed by atoms with Crippen LogP contribution in [0, 0.1) is 0 Å². The van der Waals surface area contributed by atoms with Crippen LogP contribution >= 0.6 is 12.2 Å². The number of piperidine rings is 1. The fraction of sp³-hybridized carbons (Fsp3) is 0.833. The zero-order chi connectivity index (χ0) is 15.7. The highest BCUT2D eigenvalue weighted by atomic mass is 32.2. The summed E-state index contributed by atoms with van der Waals surface area (Å²) < 4.78 is 28.6. The van der Waals surface area contributed by atoms with Gasteiger partial charge in [-0.25, -0.2) is 13.2 Å². The van der Waals surface area contributed by atoms with Crippen LogP contribution in [0.2, 0.25) is 0 Å². The molecule has 0 aromatic rings. The number of sulfone groups is 1. The summed E-state index contributed by atoms with van der Waals surface area (Å²) in [6, 6.07) is -0.576. The largest absolute Gasteiger partial charge is 0.444 e. The lowest BCUT2D eigenvalue weighted by Crippen LogP contribution is -2.55. The van der Waals surface area contributed by atoms with E-state index in [1.165, 1.54) is 11.2 Å². The third kappa shape index (κ3) is 4.59. The molecule has 1 amide bonds. The highest BCUT2D eigenvalue weighted by molar-refractivity contribution is 7.91. The third-order valence-corrected chi connectivity index (χ3v) is 5.03. The number of thiocarbonyl (C=S) groups is 1. The minimum Gasteiger partial charge on any atom is -0.444 e. The number of likely N-dealkylation sites (tertiary alicyclic amines) is 1. The van der Waals surface area contributed by atoms with Gasteiger partial charge < -0.3 is 10.5 Å². The molecule has 6 nitrogen and oxygen atoms in total. The van der Waals surface area contributed by atoms with Crippen molar-refractivity contribution in [3.63, 3.8) is 0 Å². The van der Waals surface area contributed by atoms with E-state index in [0.717, 1.165) is 0 Å². The van der Waals surface area contributed by atoms with Crippen LogP contribution in [0.3, 0.4) is 0 Å². The van der Waals surface area contributed by atoms with Gasteiger partial charge in [-0.3, -0.25) is 4.90 Å². The molecule has 0 saturated carbocycles. The quantitative estimate of drug-likeness (QED) is 0.765. The van der Waals surface area contributed by atoms with E-state index in [2.05, 4.69) is 0 Å². The minimum absolute atomic E-state index is 0.115. The van der Waals surface area contributed by atoms with E-state index in [-0.39, 0.29) is 18.0 Å². The van der Waals surface area contributed by atoms with Crippen LogP contribution in [0.15, 0.2) is 0 Å². The van der Waals surface area contributed by atoms with E-state index in [1.54, 1.807) is 20.8 Å². The zero-order valence-corrected chi connectivity index (χ0v) is 13.9.